The molecule has 0 aliphatic carbocycles. The Morgan fingerprint density at radius 1 is 0.946 bits per heavy atom. The highest BCUT2D eigenvalue weighted by Crippen LogP contribution is 2.16. The van der Waals surface area contributed by atoms with Gasteiger partial charge in [-0.25, -0.2) is 4.79 Å². The SMILES string of the molecule is O=C(CCCn1c(=O)c2ccccc2n(Cc2cccc([N+](=O)[O-])c2)c1=O)NCCc1ccc(Cl)cc1. The third-order valence-corrected chi connectivity index (χ3v) is 6.28. The minimum Gasteiger partial charge on any atom is -0.356 e. The number of amides is 1. The molecule has 37 heavy (non-hydrogen) atoms. The van der Waals surface area contributed by atoms with Crippen LogP contribution in [-0.4, -0.2) is 26.5 Å². The molecular formula is C27H25ClN4O5. The molecule has 0 radical (unpaired) electrons. The number of nitrogens with zero attached hydrogens (tertiary/aromatic N) is 3. The first-order chi connectivity index (χ1) is 17.8. The number of para-hydroxylation sites is 1. The smallest absolute Gasteiger partial charge is 0.331 e. The van der Waals surface area contributed by atoms with Gasteiger partial charge >= 0.3 is 5.69 Å². The van der Waals surface area contributed by atoms with E-state index in [-0.39, 0.29) is 31.1 Å². The van der Waals surface area contributed by atoms with Crippen molar-refractivity contribution in [2.75, 3.05) is 6.54 Å². The Morgan fingerprint density at radius 3 is 2.46 bits per heavy atom. The standard InChI is InChI=1S/C27H25ClN4O5/c28-21-12-10-19(11-13-21)14-15-29-25(33)9-4-16-30-26(34)23-7-1-2-8-24(23)31(27(30)35)18-20-5-3-6-22(17-20)32(36)37/h1-3,5-8,10-13,17H,4,9,14-16,18H2,(H,29,33). The Kier molecular flexibility index (Phi) is 8.15. The molecule has 4 aromatic rings. The average Bonchev–Trinajstić information content (AvgIpc) is 2.90. The fourth-order valence-electron chi connectivity index (χ4n) is 4.16. The minimum atomic E-state index is -0.529. The van der Waals surface area contributed by atoms with E-state index in [1.54, 1.807) is 48.5 Å². The molecule has 1 aromatic heterocycles. The molecule has 10 heteroatoms. The van der Waals surface area contributed by atoms with E-state index in [0.29, 0.717) is 40.9 Å². The maximum Gasteiger partial charge on any atom is 0.331 e. The zero-order chi connectivity index (χ0) is 26.4. The van der Waals surface area contributed by atoms with Crippen LogP contribution in [-0.2, 0) is 24.3 Å². The normalized spacial score (nSPS) is 10.9. The van der Waals surface area contributed by atoms with Gasteiger partial charge in [0.15, 0.2) is 0 Å². The van der Waals surface area contributed by atoms with Crippen LogP contribution in [0.1, 0.15) is 24.0 Å². The molecule has 4 rings (SSSR count). The van der Waals surface area contributed by atoms with E-state index in [2.05, 4.69) is 5.32 Å². The van der Waals surface area contributed by atoms with Gasteiger partial charge in [-0.1, -0.05) is 48.0 Å². The van der Waals surface area contributed by atoms with Crippen LogP contribution in [0.4, 0.5) is 5.69 Å². The number of carbonyl (C=O) groups is 1. The van der Waals surface area contributed by atoms with Crippen molar-refractivity contribution < 1.29 is 9.72 Å². The largest absolute Gasteiger partial charge is 0.356 e. The molecule has 0 fully saturated rings. The van der Waals surface area contributed by atoms with Gasteiger partial charge in [-0.15, -0.1) is 0 Å². The number of fused-ring (bicyclic) bond motifs is 1. The summed E-state index contributed by atoms with van der Waals surface area (Å²) in [5.74, 6) is -0.167. The molecule has 0 aliphatic heterocycles. The summed E-state index contributed by atoms with van der Waals surface area (Å²) in [5.41, 5.74) is 1.02. The van der Waals surface area contributed by atoms with E-state index in [4.69, 9.17) is 11.6 Å². The first-order valence-electron chi connectivity index (χ1n) is 11.8. The van der Waals surface area contributed by atoms with Crippen LogP contribution in [0.25, 0.3) is 10.9 Å². The molecule has 0 bridgehead atoms. The molecule has 1 amide bonds. The van der Waals surface area contributed by atoms with Crippen LogP contribution in [0.5, 0.6) is 0 Å². The monoisotopic (exact) mass is 520 g/mol. The van der Waals surface area contributed by atoms with Gasteiger partial charge in [0, 0.05) is 36.7 Å². The van der Waals surface area contributed by atoms with Gasteiger partial charge in [-0.05, 0) is 48.2 Å². The number of carbonyl (C=O) groups excluding carboxylic acids is 1. The van der Waals surface area contributed by atoms with Crippen molar-refractivity contribution in [3.63, 3.8) is 0 Å². The summed E-state index contributed by atoms with van der Waals surface area (Å²) in [4.78, 5) is 49.4. The first kappa shape index (κ1) is 25.8. The van der Waals surface area contributed by atoms with E-state index in [1.807, 2.05) is 12.1 Å². The number of rotatable bonds is 10. The summed E-state index contributed by atoms with van der Waals surface area (Å²) in [5, 5.41) is 15.0. The van der Waals surface area contributed by atoms with Crippen LogP contribution in [0.2, 0.25) is 5.02 Å². The van der Waals surface area contributed by atoms with Gasteiger partial charge in [0.1, 0.15) is 0 Å². The van der Waals surface area contributed by atoms with Crippen LogP contribution in [0.3, 0.4) is 0 Å². The van der Waals surface area contributed by atoms with Crippen LogP contribution in [0, 0.1) is 10.1 Å². The molecule has 0 aliphatic rings. The Balaban J connectivity index is 1.47. The summed E-state index contributed by atoms with van der Waals surface area (Å²) in [7, 11) is 0. The van der Waals surface area contributed by atoms with Crippen molar-refractivity contribution in [2.45, 2.75) is 32.4 Å². The third-order valence-electron chi connectivity index (χ3n) is 6.03. The fraction of sp³-hybridized carbons (Fsp3) is 0.222. The molecular weight excluding hydrogens is 496 g/mol. The summed E-state index contributed by atoms with van der Waals surface area (Å²) >= 11 is 5.88. The second-order valence-electron chi connectivity index (χ2n) is 8.60. The highest BCUT2D eigenvalue weighted by Gasteiger charge is 2.15. The number of benzene rings is 3. The van der Waals surface area contributed by atoms with Gasteiger partial charge in [0.05, 0.1) is 22.4 Å². The third kappa shape index (κ3) is 6.31. The predicted octanol–water partition coefficient (Wildman–Crippen LogP) is 3.91. The number of nitro groups is 1. The maximum atomic E-state index is 13.3. The summed E-state index contributed by atoms with van der Waals surface area (Å²) in [6, 6.07) is 20.2. The number of nitrogens with one attached hydrogen (secondary N) is 1. The van der Waals surface area contributed by atoms with Gasteiger partial charge in [0.2, 0.25) is 5.91 Å². The van der Waals surface area contributed by atoms with E-state index in [9.17, 15) is 24.5 Å². The minimum absolute atomic E-state index is 0.0620. The molecule has 0 saturated heterocycles. The van der Waals surface area contributed by atoms with Crippen molar-refractivity contribution >= 4 is 34.1 Å². The fourth-order valence-corrected chi connectivity index (χ4v) is 4.28. The van der Waals surface area contributed by atoms with E-state index in [0.717, 1.165) is 10.1 Å². The number of halogens is 1. The van der Waals surface area contributed by atoms with Crippen molar-refractivity contribution in [3.8, 4) is 0 Å². The number of hydrogen-bond donors (Lipinski definition) is 1. The number of non-ortho nitro benzene ring substituents is 1. The molecule has 190 valence electrons. The lowest BCUT2D eigenvalue weighted by Gasteiger charge is -2.14. The Labute approximate surface area is 217 Å². The Morgan fingerprint density at radius 2 is 1.70 bits per heavy atom. The average molecular weight is 521 g/mol. The van der Waals surface area contributed by atoms with Gasteiger partial charge in [0.25, 0.3) is 11.2 Å². The Bertz CT molecular complexity index is 1560. The van der Waals surface area contributed by atoms with Crippen molar-refractivity contribution in [1.82, 2.24) is 14.5 Å². The molecule has 9 nitrogen and oxygen atoms in total. The summed E-state index contributed by atoms with van der Waals surface area (Å²) in [6.07, 6.45) is 1.12. The van der Waals surface area contributed by atoms with E-state index >= 15 is 0 Å². The van der Waals surface area contributed by atoms with E-state index < -0.39 is 16.2 Å². The second-order valence-corrected chi connectivity index (χ2v) is 9.04. The van der Waals surface area contributed by atoms with E-state index in [1.165, 1.54) is 16.7 Å². The topological polar surface area (TPSA) is 116 Å². The van der Waals surface area contributed by atoms with Crippen LogP contribution >= 0.6 is 11.6 Å². The molecule has 3 aromatic carbocycles. The molecule has 0 unspecified atom stereocenters. The number of nitro benzene ring substituents is 1. The first-order valence-corrected chi connectivity index (χ1v) is 12.2. The van der Waals surface area contributed by atoms with Crippen LogP contribution in [0.15, 0.2) is 82.4 Å². The maximum absolute atomic E-state index is 13.3. The second kappa shape index (κ2) is 11.7. The lowest BCUT2D eigenvalue weighted by Crippen LogP contribution is -2.40. The quantitative estimate of drug-likeness (QED) is 0.251. The highest BCUT2D eigenvalue weighted by atomic mass is 35.5. The van der Waals surface area contributed by atoms with Crippen molar-refractivity contribution in [1.29, 1.82) is 0 Å². The van der Waals surface area contributed by atoms with Crippen LogP contribution < -0.4 is 16.6 Å². The summed E-state index contributed by atoms with van der Waals surface area (Å²) in [6.45, 7) is 0.598. The molecule has 1 N–H and O–H groups in total. The zero-order valence-corrected chi connectivity index (χ0v) is 20.7. The molecule has 0 atom stereocenters. The highest BCUT2D eigenvalue weighted by molar-refractivity contribution is 6.30. The van der Waals surface area contributed by atoms with Crippen molar-refractivity contribution in [3.05, 3.63) is 120 Å². The number of aromatic nitrogens is 2. The predicted molar refractivity (Wildman–Crippen MR) is 142 cm³/mol. The summed E-state index contributed by atoms with van der Waals surface area (Å²) < 4.78 is 2.56. The Hall–Kier alpha value is -4.24. The van der Waals surface area contributed by atoms with Gasteiger partial charge in [-0.3, -0.25) is 28.8 Å². The lowest BCUT2D eigenvalue weighted by atomic mass is 10.1. The molecule has 0 spiro atoms. The lowest BCUT2D eigenvalue weighted by molar-refractivity contribution is -0.384. The van der Waals surface area contributed by atoms with Gasteiger partial charge < -0.3 is 5.32 Å². The number of hydrogen-bond acceptors (Lipinski definition) is 5. The molecule has 1 heterocycles. The van der Waals surface area contributed by atoms with Gasteiger partial charge in [-0.2, -0.15) is 0 Å². The zero-order valence-electron chi connectivity index (χ0n) is 19.9. The molecule has 0 saturated carbocycles. The van der Waals surface area contributed by atoms with Crippen molar-refractivity contribution in [2.24, 2.45) is 0 Å².